The van der Waals surface area contributed by atoms with Gasteiger partial charge in [-0.1, -0.05) is 38.0 Å². The highest BCUT2D eigenvalue weighted by Crippen LogP contribution is 2.39. The Morgan fingerprint density at radius 2 is 1.92 bits per heavy atom. The number of nitrogens with zero attached hydrogens (tertiary/aromatic N) is 3. The summed E-state index contributed by atoms with van der Waals surface area (Å²) >= 11 is 0. The van der Waals surface area contributed by atoms with Crippen molar-refractivity contribution >= 4 is 11.4 Å². The molecule has 3 N–H and O–H groups in total. The van der Waals surface area contributed by atoms with Gasteiger partial charge in [0.1, 0.15) is 5.82 Å². The first-order valence-corrected chi connectivity index (χ1v) is 9.47. The van der Waals surface area contributed by atoms with Gasteiger partial charge in [0.05, 0.1) is 5.69 Å². The average molecular weight is 342 g/mol. The Morgan fingerprint density at radius 1 is 1.20 bits per heavy atom. The van der Waals surface area contributed by atoms with Crippen LogP contribution in [0.15, 0.2) is 31.0 Å². The SMILES string of the molecule is C=C/C=C(\C=C/N)c1c(C2CCCCC2)n[nH]c1N1CCN(C)CC1. The predicted octanol–water partition coefficient (Wildman–Crippen LogP) is 3.25. The van der Waals surface area contributed by atoms with E-state index in [0.29, 0.717) is 5.92 Å². The Kier molecular flexibility index (Phi) is 5.97. The average Bonchev–Trinajstić information content (AvgIpc) is 3.08. The molecule has 3 rings (SSSR count). The van der Waals surface area contributed by atoms with Crippen LogP contribution in [0.3, 0.4) is 0 Å². The van der Waals surface area contributed by atoms with E-state index in [-0.39, 0.29) is 0 Å². The first-order valence-electron chi connectivity index (χ1n) is 9.47. The number of hydrogen-bond acceptors (Lipinski definition) is 4. The van der Waals surface area contributed by atoms with Crippen molar-refractivity contribution in [2.45, 2.75) is 38.0 Å². The third kappa shape index (κ3) is 3.98. The second kappa shape index (κ2) is 8.39. The summed E-state index contributed by atoms with van der Waals surface area (Å²) in [6.07, 6.45) is 13.9. The van der Waals surface area contributed by atoms with Crippen molar-refractivity contribution in [3.63, 3.8) is 0 Å². The number of rotatable bonds is 5. The van der Waals surface area contributed by atoms with Crippen LogP contribution >= 0.6 is 0 Å². The van der Waals surface area contributed by atoms with Gasteiger partial charge in [-0.25, -0.2) is 0 Å². The highest BCUT2D eigenvalue weighted by Gasteiger charge is 2.28. The molecule has 0 spiro atoms. The van der Waals surface area contributed by atoms with Crippen molar-refractivity contribution in [1.29, 1.82) is 0 Å². The smallest absolute Gasteiger partial charge is 0.132 e. The summed E-state index contributed by atoms with van der Waals surface area (Å²) in [4.78, 5) is 4.80. The Labute approximate surface area is 151 Å². The Hall–Kier alpha value is -2.01. The summed E-state index contributed by atoms with van der Waals surface area (Å²) in [5.74, 6) is 1.68. The van der Waals surface area contributed by atoms with Crippen molar-refractivity contribution < 1.29 is 0 Å². The molecule has 1 aromatic rings. The van der Waals surface area contributed by atoms with Crippen molar-refractivity contribution in [2.24, 2.45) is 5.73 Å². The van der Waals surface area contributed by atoms with E-state index in [2.05, 4.69) is 28.5 Å². The van der Waals surface area contributed by atoms with Gasteiger partial charge >= 0.3 is 0 Å². The zero-order chi connectivity index (χ0) is 17.6. The van der Waals surface area contributed by atoms with Crippen LogP contribution in [-0.2, 0) is 0 Å². The number of hydrogen-bond donors (Lipinski definition) is 2. The van der Waals surface area contributed by atoms with Gasteiger partial charge in [0, 0.05) is 37.7 Å². The lowest BCUT2D eigenvalue weighted by atomic mass is 9.84. The van der Waals surface area contributed by atoms with Crippen molar-refractivity contribution in [3.8, 4) is 0 Å². The van der Waals surface area contributed by atoms with Gasteiger partial charge < -0.3 is 15.5 Å². The molecule has 1 aromatic heterocycles. The molecular weight excluding hydrogens is 310 g/mol. The minimum Gasteiger partial charge on any atom is -0.405 e. The van der Waals surface area contributed by atoms with Gasteiger partial charge in [0.25, 0.3) is 0 Å². The molecule has 2 aliphatic rings. The minimum absolute atomic E-state index is 0.542. The first kappa shape index (κ1) is 17.8. The zero-order valence-corrected chi connectivity index (χ0v) is 15.4. The Morgan fingerprint density at radius 3 is 2.56 bits per heavy atom. The number of anilines is 1. The largest absolute Gasteiger partial charge is 0.405 e. The van der Waals surface area contributed by atoms with E-state index in [9.17, 15) is 0 Å². The molecule has 0 atom stereocenters. The van der Waals surface area contributed by atoms with Crippen LogP contribution in [0.1, 0.15) is 49.3 Å². The molecule has 0 radical (unpaired) electrons. The summed E-state index contributed by atoms with van der Waals surface area (Å²) in [5, 5.41) is 8.15. The van der Waals surface area contributed by atoms with Crippen molar-refractivity contribution in [2.75, 3.05) is 38.1 Å². The normalized spacial score (nSPS) is 21.2. The fourth-order valence-corrected chi connectivity index (χ4v) is 4.01. The molecule has 2 heterocycles. The highest BCUT2D eigenvalue weighted by atomic mass is 15.3. The van der Waals surface area contributed by atoms with Crippen LogP contribution < -0.4 is 10.6 Å². The molecule has 1 aliphatic carbocycles. The third-order valence-electron chi connectivity index (χ3n) is 5.45. The lowest BCUT2D eigenvalue weighted by Crippen LogP contribution is -2.45. The van der Waals surface area contributed by atoms with Crippen LogP contribution in [0.5, 0.6) is 0 Å². The molecule has 1 saturated carbocycles. The monoisotopic (exact) mass is 341 g/mol. The molecule has 136 valence electrons. The van der Waals surface area contributed by atoms with E-state index in [4.69, 9.17) is 10.8 Å². The number of piperazine rings is 1. The lowest BCUT2D eigenvalue weighted by molar-refractivity contribution is 0.312. The number of aromatic amines is 1. The number of likely N-dealkylation sites (N-methyl/N-ethyl adjacent to an activating group) is 1. The molecule has 2 fully saturated rings. The van der Waals surface area contributed by atoms with Gasteiger partial charge in [-0.2, -0.15) is 5.10 Å². The molecule has 0 amide bonds. The second-order valence-electron chi connectivity index (χ2n) is 7.17. The minimum atomic E-state index is 0.542. The van der Waals surface area contributed by atoms with Crippen molar-refractivity contribution in [3.05, 3.63) is 42.3 Å². The standard InChI is InChI=1S/C20H31N5/c1-3-7-16(10-11-21)18-19(17-8-5-4-6-9-17)22-23-20(18)25-14-12-24(2)13-15-25/h3,7,10-11,17H,1,4-6,8-9,12-15,21H2,2H3,(H,22,23)/b11-10-,16-7+. The number of H-pyrrole nitrogens is 1. The summed E-state index contributed by atoms with van der Waals surface area (Å²) < 4.78 is 0. The fraction of sp³-hybridized carbons (Fsp3) is 0.550. The molecule has 0 unspecified atom stereocenters. The van der Waals surface area contributed by atoms with Crippen LogP contribution in [0.4, 0.5) is 5.82 Å². The zero-order valence-electron chi connectivity index (χ0n) is 15.4. The van der Waals surface area contributed by atoms with E-state index in [1.54, 1.807) is 6.20 Å². The molecule has 0 aromatic carbocycles. The van der Waals surface area contributed by atoms with E-state index in [0.717, 1.165) is 37.6 Å². The van der Waals surface area contributed by atoms with Gasteiger partial charge in [0.2, 0.25) is 0 Å². The predicted molar refractivity (Wildman–Crippen MR) is 106 cm³/mol. The summed E-state index contributed by atoms with van der Waals surface area (Å²) in [5.41, 5.74) is 9.26. The van der Waals surface area contributed by atoms with E-state index < -0.39 is 0 Å². The highest BCUT2D eigenvalue weighted by molar-refractivity contribution is 5.83. The van der Waals surface area contributed by atoms with E-state index in [1.807, 2.05) is 18.2 Å². The maximum absolute atomic E-state index is 5.73. The lowest BCUT2D eigenvalue weighted by Gasteiger charge is -2.33. The van der Waals surface area contributed by atoms with Crippen LogP contribution in [0, 0.1) is 0 Å². The Balaban J connectivity index is 2.00. The molecule has 0 bridgehead atoms. The van der Waals surface area contributed by atoms with Crippen LogP contribution in [-0.4, -0.2) is 48.3 Å². The van der Waals surface area contributed by atoms with Gasteiger partial charge in [-0.05, 0) is 37.7 Å². The molecule has 25 heavy (non-hydrogen) atoms. The molecule has 5 heteroatoms. The topological polar surface area (TPSA) is 61.2 Å². The summed E-state index contributed by atoms with van der Waals surface area (Å²) in [6, 6.07) is 0. The molecule has 1 saturated heterocycles. The third-order valence-corrected chi connectivity index (χ3v) is 5.45. The van der Waals surface area contributed by atoms with Crippen LogP contribution in [0.2, 0.25) is 0 Å². The molecular formula is C20H31N5. The number of nitrogens with two attached hydrogens (primary N) is 1. The van der Waals surface area contributed by atoms with Crippen LogP contribution in [0.25, 0.3) is 5.57 Å². The molecule has 1 aliphatic heterocycles. The summed E-state index contributed by atoms with van der Waals surface area (Å²) in [6.45, 7) is 8.07. The number of nitrogens with one attached hydrogen (secondary N) is 1. The quantitative estimate of drug-likeness (QED) is 0.807. The van der Waals surface area contributed by atoms with Gasteiger partial charge in [0.15, 0.2) is 0 Å². The molecule has 5 nitrogen and oxygen atoms in total. The second-order valence-corrected chi connectivity index (χ2v) is 7.17. The summed E-state index contributed by atoms with van der Waals surface area (Å²) in [7, 11) is 2.18. The fourth-order valence-electron chi connectivity index (χ4n) is 4.01. The first-order chi connectivity index (χ1) is 12.2. The maximum Gasteiger partial charge on any atom is 0.132 e. The Bertz CT molecular complexity index is 629. The van der Waals surface area contributed by atoms with Gasteiger partial charge in [-0.15, -0.1) is 0 Å². The van der Waals surface area contributed by atoms with Gasteiger partial charge in [-0.3, -0.25) is 5.10 Å². The van der Waals surface area contributed by atoms with Crippen molar-refractivity contribution in [1.82, 2.24) is 15.1 Å². The number of allylic oxidation sites excluding steroid dienone is 4. The number of aromatic nitrogens is 2. The van der Waals surface area contributed by atoms with E-state index in [1.165, 1.54) is 43.4 Å². The van der Waals surface area contributed by atoms with E-state index >= 15 is 0 Å². The maximum atomic E-state index is 5.73.